The molecule has 2 aliphatic heterocycles. The van der Waals surface area contributed by atoms with Gasteiger partial charge in [-0.15, -0.1) is 5.17 Å². The molecule has 214 valence electrons. The Morgan fingerprint density at radius 1 is 1.17 bits per heavy atom. The quantitative estimate of drug-likeness (QED) is 0.232. The summed E-state index contributed by atoms with van der Waals surface area (Å²) >= 11 is 6.21. The number of alkyl halides is 1. The maximum atomic E-state index is 16.0. The van der Waals surface area contributed by atoms with Crippen LogP contribution in [0.2, 0.25) is 5.02 Å². The first kappa shape index (κ1) is 29.2. The Bertz CT molecular complexity index is 1440. The monoisotopic (exact) mass is 578 g/mol. The van der Waals surface area contributed by atoms with Gasteiger partial charge in [0, 0.05) is 28.6 Å². The molecule has 0 spiro atoms. The van der Waals surface area contributed by atoms with E-state index in [0.29, 0.717) is 46.9 Å². The molecular formula is C32H33ClF2N4O2. The van der Waals surface area contributed by atoms with E-state index in [2.05, 4.69) is 27.0 Å². The molecular weight excluding hydrogens is 546 g/mol. The Labute approximate surface area is 244 Å². The van der Waals surface area contributed by atoms with Gasteiger partial charge in [-0.05, 0) is 92.3 Å². The second-order valence-corrected chi connectivity index (χ2v) is 11.6. The van der Waals surface area contributed by atoms with Gasteiger partial charge in [-0.3, -0.25) is 4.90 Å². The molecule has 5 rings (SSSR count). The zero-order valence-electron chi connectivity index (χ0n) is 23.4. The molecule has 0 amide bonds. The van der Waals surface area contributed by atoms with Crippen LogP contribution in [0.4, 0.5) is 8.78 Å². The number of nitriles is 1. The van der Waals surface area contributed by atoms with Crippen molar-refractivity contribution in [3.8, 4) is 6.07 Å². The van der Waals surface area contributed by atoms with Crippen molar-refractivity contribution >= 4 is 17.3 Å². The van der Waals surface area contributed by atoms with Crippen LogP contribution in [0.15, 0.2) is 83.0 Å². The highest BCUT2D eigenvalue weighted by molar-refractivity contribution is 6.30. The number of benzene rings is 2. The van der Waals surface area contributed by atoms with Gasteiger partial charge in [0.05, 0.1) is 24.9 Å². The summed E-state index contributed by atoms with van der Waals surface area (Å²) in [5.74, 6) is -1.01. The number of likely N-dealkylation sites (tertiary alicyclic amines) is 1. The first-order valence-electron chi connectivity index (χ1n) is 13.7. The molecule has 0 saturated carbocycles. The van der Waals surface area contributed by atoms with Crippen LogP contribution in [0.25, 0.3) is 0 Å². The highest BCUT2D eigenvalue weighted by Gasteiger charge is 2.42. The summed E-state index contributed by atoms with van der Waals surface area (Å²) in [5.41, 5.74) is 3.13. The number of hydrogen-bond acceptors (Lipinski definition) is 6. The second-order valence-electron chi connectivity index (χ2n) is 11.2. The predicted octanol–water partition coefficient (Wildman–Crippen LogP) is 7.22. The summed E-state index contributed by atoms with van der Waals surface area (Å²) in [6.07, 6.45) is 9.12. The topological polar surface area (TPSA) is 61.1 Å². The fourth-order valence-electron chi connectivity index (χ4n) is 6.27. The number of rotatable bonds is 9. The number of halogens is 3. The number of nitrogens with zero attached hydrogens (tertiary/aromatic N) is 4. The lowest BCUT2D eigenvalue weighted by atomic mass is 9.75. The van der Waals surface area contributed by atoms with Crippen molar-refractivity contribution in [1.29, 1.82) is 5.26 Å². The van der Waals surface area contributed by atoms with Crippen LogP contribution in [-0.4, -0.2) is 48.2 Å². The SMILES string of the molecule is COON1CC(c2cc(F)cc([C@H](C3CCN([C@H](C4=CC=CC(C#N)=CC4)c4ccc(Cl)cc4)C3)C(C)(C)F)c2)=N1. The van der Waals surface area contributed by atoms with Crippen molar-refractivity contribution in [1.82, 2.24) is 10.1 Å². The Balaban J connectivity index is 1.45. The van der Waals surface area contributed by atoms with Crippen LogP contribution in [0.3, 0.4) is 0 Å². The van der Waals surface area contributed by atoms with Gasteiger partial charge in [0.1, 0.15) is 18.0 Å². The van der Waals surface area contributed by atoms with Crippen LogP contribution in [0, 0.1) is 23.1 Å². The summed E-state index contributed by atoms with van der Waals surface area (Å²) in [7, 11) is 1.38. The summed E-state index contributed by atoms with van der Waals surface area (Å²) in [5, 5.41) is 15.5. The van der Waals surface area contributed by atoms with Crippen LogP contribution in [0.1, 0.15) is 55.3 Å². The summed E-state index contributed by atoms with van der Waals surface area (Å²) in [6.45, 7) is 4.86. The van der Waals surface area contributed by atoms with E-state index in [-0.39, 0.29) is 12.0 Å². The van der Waals surface area contributed by atoms with Gasteiger partial charge in [0.2, 0.25) is 0 Å². The molecule has 0 aromatic heterocycles. The Hall–Kier alpha value is -3.35. The molecule has 2 aromatic rings. The third-order valence-electron chi connectivity index (χ3n) is 7.93. The fourth-order valence-corrected chi connectivity index (χ4v) is 6.39. The number of allylic oxidation sites excluding steroid dienone is 5. The van der Waals surface area contributed by atoms with E-state index >= 15 is 4.39 Å². The number of hydrazone groups is 1. The lowest BCUT2D eigenvalue weighted by molar-refractivity contribution is -0.416. The third kappa shape index (κ3) is 6.60. The summed E-state index contributed by atoms with van der Waals surface area (Å²) in [6, 6.07) is 14.7. The van der Waals surface area contributed by atoms with Crippen LogP contribution in [-0.2, 0) is 9.88 Å². The summed E-state index contributed by atoms with van der Waals surface area (Å²) < 4.78 is 30.9. The molecule has 0 bridgehead atoms. The average Bonchev–Trinajstić information content (AvgIpc) is 3.22. The van der Waals surface area contributed by atoms with E-state index in [9.17, 15) is 9.65 Å². The molecule has 41 heavy (non-hydrogen) atoms. The van der Waals surface area contributed by atoms with Crippen molar-refractivity contribution < 1.29 is 18.7 Å². The Morgan fingerprint density at radius 2 is 1.93 bits per heavy atom. The maximum Gasteiger partial charge on any atom is 0.124 e. The minimum Gasteiger partial charge on any atom is -0.292 e. The van der Waals surface area contributed by atoms with Gasteiger partial charge in [-0.2, -0.15) is 10.4 Å². The summed E-state index contributed by atoms with van der Waals surface area (Å²) in [4.78, 5) is 11.9. The molecule has 6 nitrogen and oxygen atoms in total. The van der Waals surface area contributed by atoms with Crippen molar-refractivity contribution in [2.45, 2.75) is 44.3 Å². The van der Waals surface area contributed by atoms with Gasteiger partial charge in [0.15, 0.2) is 0 Å². The predicted molar refractivity (Wildman–Crippen MR) is 155 cm³/mol. The molecule has 2 heterocycles. The highest BCUT2D eigenvalue weighted by Crippen LogP contribution is 2.45. The lowest BCUT2D eigenvalue weighted by Gasteiger charge is -2.35. The zero-order valence-corrected chi connectivity index (χ0v) is 24.1. The molecule has 3 aliphatic rings. The molecule has 1 aliphatic carbocycles. The molecule has 1 fully saturated rings. The molecule has 0 radical (unpaired) electrons. The molecule has 9 heteroatoms. The van der Waals surface area contributed by atoms with Crippen molar-refractivity contribution in [2.24, 2.45) is 11.0 Å². The first-order valence-corrected chi connectivity index (χ1v) is 14.1. The van der Waals surface area contributed by atoms with Crippen LogP contribution < -0.4 is 0 Å². The second kappa shape index (κ2) is 12.3. The molecule has 3 atom stereocenters. The van der Waals surface area contributed by atoms with E-state index in [4.69, 9.17) is 16.6 Å². The van der Waals surface area contributed by atoms with Gasteiger partial charge in [-0.25, -0.2) is 13.7 Å². The van der Waals surface area contributed by atoms with Crippen LogP contribution >= 0.6 is 11.6 Å². The minimum atomic E-state index is -1.59. The molecule has 0 N–H and O–H groups in total. The normalized spacial score (nSPS) is 20.9. The van der Waals surface area contributed by atoms with E-state index < -0.39 is 17.4 Å². The number of hydroxylamine groups is 1. The van der Waals surface area contributed by atoms with Gasteiger partial charge >= 0.3 is 0 Å². The Kier molecular flexibility index (Phi) is 8.71. The maximum absolute atomic E-state index is 16.0. The highest BCUT2D eigenvalue weighted by atomic mass is 35.5. The van der Waals surface area contributed by atoms with E-state index in [1.165, 1.54) is 24.4 Å². The van der Waals surface area contributed by atoms with Crippen molar-refractivity contribution in [2.75, 3.05) is 26.7 Å². The molecule has 2 aromatic carbocycles. The van der Waals surface area contributed by atoms with Gasteiger partial charge in [-0.1, -0.05) is 47.0 Å². The first-order chi connectivity index (χ1) is 19.7. The third-order valence-corrected chi connectivity index (χ3v) is 8.18. The average molecular weight is 579 g/mol. The largest absolute Gasteiger partial charge is 0.292 e. The fraction of sp³-hybridized carbons (Fsp3) is 0.375. The van der Waals surface area contributed by atoms with Gasteiger partial charge in [0.25, 0.3) is 0 Å². The molecule has 1 unspecified atom stereocenters. The lowest BCUT2D eigenvalue weighted by Crippen LogP contribution is -2.37. The molecule has 1 saturated heterocycles. The smallest absolute Gasteiger partial charge is 0.124 e. The van der Waals surface area contributed by atoms with E-state index in [0.717, 1.165) is 24.1 Å². The van der Waals surface area contributed by atoms with E-state index in [1.807, 2.05) is 48.6 Å². The minimum absolute atomic E-state index is 0.0526. The van der Waals surface area contributed by atoms with Crippen molar-refractivity contribution in [3.63, 3.8) is 0 Å². The van der Waals surface area contributed by atoms with Crippen LogP contribution in [0.5, 0.6) is 0 Å². The zero-order chi connectivity index (χ0) is 29.1. The standard InChI is InChI=1S/C32H33ClF2N4O2/c1-32(2,35)30(26-15-25(16-28(34)17-26)29-20-39(37-29)41-40-3)24-13-14-38(19-24)31(23-9-11-27(33)12-10-23)22-6-4-5-21(18-36)7-8-22/h4-7,9-12,15-17,24,30-31H,8,13-14,19-20H2,1-3H3/t24?,30-,31+/m0/s1. The van der Waals surface area contributed by atoms with Gasteiger partial charge < -0.3 is 0 Å². The Morgan fingerprint density at radius 3 is 2.61 bits per heavy atom. The van der Waals surface area contributed by atoms with Crippen molar-refractivity contribution in [3.05, 3.63) is 105 Å². The number of hydrogen-bond donors (Lipinski definition) is 0. The van der Waals surface area contributed by atoms with E-state index in [1.54, 1.807) is 13.8 Å².